The molecule has 1 nitrogen and oxygen atoms in total. The molecule has 106 valence electrons. The lowest BCUT2D eigenvalue weighted by Crippen LogP contribution is -2.07. The molecule has 0 radical (unpaired) electrons. The molecular weight excluding hydrogens is 251 g/mol. The van der Waals surface area contributed by atoms with E-state index < -0.39 is 7.92 Å². The van der Waals surface area contributed by atoms with E-state index in [4.69, 9.17) is 0 Å². The molecule has 0 aliphatic heterocycles. The van der Waals surface area contributed by atoms with Crippen molar-refractivity contribution in [1.82, 2.24) is 0 Å². The number of hydrogen-bond acceptors (Lipinski definition) is 1. The van der Waals surface area contributed by atoms with E-state index in [1.165, 1.54) is 18.4 Å². The summed E-state index contributed by atoms with van der Waals surface area (Å²) in [6.45, 7) is 10.6. The maximum Gasteiger partial charge on any atom is 0.184 e. The normalized spacial score (nSPS) is 12.5. The lowest BCUT2D eigenvalue weighted by Gasteiger charge is -2.18. The van der Waals surface area contributed by atoms with E-state index in [2.05, 4.69) is 46.8 Å². The van der Waals surface area contributed by atoms with Crippen LogP contribution in [-0.2, 0) is 0 Å². The maximum atomic E-state index is 12.8. The van der Waals surface area contributed by atoms with Gasteiger partial charge in [0.1, 0.15) is 0 Å². The summed E-state index contributed by atoms with van der Waals surface area (Å²) in [5.41, 5.74) is 4.99. The minimum Gasteiger partial charge on any atom is -0.289 e. The highest BCUT2D eigenvalue weighted by Crippen LogP contribution is 2.42. The predicted molar refractivity (Wildman–Crippen MR) is 86.8 cm³/mol. The third-order valence-electron chi connectivity index (χ3n) is 3.45. The molecule has 2 heteroatoms. The Balaban J connectivity index is 3.02. The molecule has 1 aromatic carbocycles. The largest absolute Gasteiger partial charge is 0.289 e. The van der Waals surface area contributed by atoms with E-state index in [-0.39, 0.29) is 0 Å². The van der Waals surface area contributed by atoms with Crippen molar-refractivity contribution >= 4 is 13.4 Å². The van der Waals surface area contributed by atoms with Gasteiger partial charge in [-0.2, -0.15) is 0 Å². The Morgan fingerprint density at radius 2 is 1.58 bits per heavy atom. The molecule has 0 amide bonds. The van der Waals surface area contributed by atoms with E-state index in [1.807, 2.05) is 0 Å². The van der Waals surface area contributed by atoms with Gasteiger partial charge in [0.2, 0.25) is 0 Å². The SMILES string of the molecule is CCCCP(CCC)C(=O)c1c(C)cc(C)cc1C. The first-order valence-corrected chi connectivity index (χ1v) is 9.09. The zero-order chi connectivity index (χ0) is 14.4. The van der Waals surface area contributed by atoms with Crippen LogP contribution in [0, 0.1) is 20.8 Å². The van der Waals surface area contributed by atoms with Crippen molar-refractivity contribution in [3.05, 3.63) is 34.4 Å². The highest BCUT2D eigenvalue weighted by atomic mass is 31.1. The molecule has 19 heavy (non-hydrogen) atoms. The number of carbonyl (C=O) groups excluding carboxylic acids is 1. The Morgan fingerprint density at radius 1 is 1.00 bits per heavy atom. The molecule has 1 atom stereocenters. The zero-order valence-corrected chi connectivity index (χ0v) is 13.9. The highest BCUT2D eigenvalue weighted by molar-refractivity contribution is 7.75. The second kappa shape index (κ2) is 7.80. The van der Waals surface area contributed by atoms with Crippen LogP contribution in [0.15, 0.2) is 12.1 Å². The lowest BCUT2D eigenvalue weighted by molar-refractivity contribution is 0.108. The van der Waals surface area contributed by atoms with Crippen molar-refractivity contribution in [2.75, 3.05) is 12.3 Å². The molecule has 0 spiro atoms. The maximum absolute atomic E-state index is 12.8. The zero-order valence-electron chi connectivity index (χ0n) is 13.0. The molecule has 0 saturated heterocycles. The average Bonchev–Trinajstić information content (AvgIpc) is 2.33. The van der Waals surface area contributed by atoms with E-state index >= 15 is 0 Å². The van der Waals surface area contributed by atoms with Crippen molar-refractivity contribution in [2.45, 2.75) is 53.9 Å². The van der Waals surface area contributed by atoms with Gasteiger partial charge in [0.05, 0.1) is 0 Å². The molecular formula is C17H27OP. The van der Waals surface area contributed by atoms with Crippen molar-refractivity contribution < 1.29 is 4.79 Å². The molecule has 1 rings (SSSR count). The van der Waals surface area contributed by atoms with E-state index in [0.717, 1.165) is 35.4 Å². The highest BCUT2D eigenvalue weighted by Gasteiger charge is 2.21. The molecule has 0 N–H and O–H groups in total. The van der Waals surface area contributed by atoms with Crippen LogP contribution >= 0.6 is 7.92 Å². The Morgan fingerprint density at radius 3 is 2.05 bits per heavy atom. The first kappa shape index (κ1) is 16.4. The molecule has 0 saturated carbocycles. The fourth-order valence-electron chi connectivity index (χ4n) is 2.61. The van der Waals surface area contributed by atoms with Gasteiger partial charge in [-0.3, -0.25) is 4.79 Å². The monoisotopic (exact) mass is 278 g/mol. The molecule has 1 aromatic rings. The first-order valence-electron chi connectivity index (χ1n) is 7.38. The van der Waals surface area contributed by atoms with Gasteiger partial charge >= 0.3 is 0 Å². The van der Waals surface area contributed by atoms with Crippen LogP contribution in [0.2, 0.25) is 0 Å². The summed E-state index contributed by atoms with van der Waals surface area (Å²) in [7, 11) is -0.485. The van der Waals surface area contributed by atoms with Crippen LogP contribution < -0.4 is 0 Å². The second-order valence-corrected chi connectivity index (χ2v) is 7.80. The van der Waals surface area contributed by atoms with Gasteiger partial charge < -0.3 is 0 Å². The van der Waals surface area contributed by atoms with Crippen LogP contribution in [0.5, 0.6) is 0 Å². The Bertz CT molecular complexity index is 414. The molecule has 0 aromatic heterocycles. The van der Waals surface area contributed by atoms with Crippen molar-refractivity contribution in [2.24, 2.45) is 0 Å². The minimum absolute atomic E-state index is 0.431. The van der Waals surface area contributed by atoms with Gasteiger partial charge in [0.15, 0.2) is 5.52 Å². The van der Waals surface area contributed by atoms with Gasteiger partial charge in [-0.1, -0.05) is 44.4 Å². The molecule has 0 aliphatic rings. The van der Waals surface area contributed by atoms with Crippen molar-refractivity contribution in [1.29, 1.82) is 0 Å². The van der Waals surface area contributed by atoms with Crippen LogP contribution in [0.3, 0.4) is 0 Å². The average molecular weight is 278 g/mol. The summed E-state index contributed by atoms with van der Waals surface area (Å²) >= 11 is 0. The number of hydrogen-bond donors (Lipinski definition) is 0. The quantitative estimate of drug-likeness (QED) is 0.607. The minimum atomic E-state index is -0.485. The number of unbranched alkanes of at least 4 members (excludes halogenated alkanes) is 1. The number of carbonyl (C=O) groups is 1. The van der Waals surface area contributed by atoms with Crippen LogP contribution in [-0.4, -0.2) is 17.8 Å². The summed E-state index contributed by atoms with van der Waals surface area (Å²) in [6.07, 6.45) is 5.67. The molecule has 0 fully saturated rings. The van der Waals surface area contributed by atoms with Gasteiger partial charge in [0, 0.05) is 5.56 Å². The summed E-state index contributed by atoms with van der Waals surface area (Å²) in [5.74, 6) is 0. The number of aryl methyl sites for hydroxylation is 3. The summed E-state index contributed by atoms with van der Waals surface area (Å²) < 4.78 is 0. The first-order chi connectivity index (χ1) is 9.01. The van der Waals surface area contributed by atoms with Crippen molar-refractivity contribution in [3.63, 3.8) is 0 Å². The van der Waals surface area contributed by atoms with Gasteiger partial charge in [0.25, 0.3) is 0 Å². The van der Waals surface area contributed by atoms with Crippen LogP contribution in [0.25, 0.3) is 0 Å². The molecule has 0 bridgehead atoms. The standard InChI is InChI=1S/C17H27OP/c1-6-8-10-19(9-7-2)17(18)16-14(4)11-13(3)12-15(16)5/h11-12H,6-10H2,1-5H3. The summed E-state index contributed by atoms with van der Waals surface area (Å²) in [4.78, 5) is 12.8. The Labute approximate surface area is 119 Å². The third kappa shape index (κ3) is 4.42. The number of rotatable bonds is 7. The Hall–Kier alpha value is -0.680. The lowest BCUT2D eigenvalue weighted by atomic mass is 10.0. The van der Waals surface area contributed by atoms with Crippen molar-refractivity contribution in [3.8, 4) is 0 Å². The second-order valence-electron chi connectivity index (χ2n) is 5.42. The van der Waals surface area contributed by atoms with E-state index in [9.17, 15) is 4.79 Å². The topological polar surface area (TPSA) is 17.1 Å². The van der Waals surface area contributed by atoms with Gasteiger partial charge in [-0.15, -0.1) is 0 Å². The molecule has 0 aliphatic carbocycles. The summed E-state index contributed by atoms with van der Waals surface area (Å²) in [5, 5.41) is 0. The Kier molecular flexibility index (Phi) is 6.72. The van der Waals surface area contributed by atoms with Gasteiger partial charge in [-0.25, -0.2) is 0 Å². The fourth-order valence-corrected chi connectivity index (χ4v) is 5.15. The number of benzene rings is 1. The van der Waals surface area contributed by atoms with E-state index in [0.29, 0.717) is 5.52 Å². The predicted octanol–water partition coefficient (Wildman–Crippen LogP) is 5.44. The molecule has 0 heterocycles. The van der Waals surface area contributed by atoms with E-state index in [1.54, 1.807) is 0 Å². The van der Waals surface area contributed by atoms with Gasteiger partial charge in [-0.05, 0) is 58.6 Å². The summed E-state index contributed by atoms with van der Waals surface area (Å²) in [6, 6.07) is 4.28. The third-order valence-corrected chi connectivity index (χ3v) is 6.09. The fraction of sp³-hybridized carbons (Fsp3) is 0.588. The van der Waals surface area contributed by atoms with Crippen LogP contribution in [0.1, 0.15) is 60.2 Å². The molecule has 1 unspecified atom stereocenters. The smallest absolute Gasteiger partial charge is 0.184 e. The van der Waals surface area contributed by atoms with Crippen LogP contribution in [0.4, 0.5) is 0 Å².